The lowest BCUT2D eigenvalue weighted by Crippen LogP contribution is -2.44. The van der Waals surface area contributed by atoms with Gasteiger partial charge < -0.3 is 20.4 Å². The molecule has 1 saturated heterocycles. The van der Waals surface area contributed by atoms with Crippen molar-refractivity contribution in [3.05, 3.63) is 16.0 Å². The van der Waals surface area contributed by atoms with Crippen LogP contribution in [-0.4, -0.2) is 71.1 Å². The number of fused-ring (bicyclic) bond motifs is 1. The summed E-state index contributed by atoms with van der Waals surface area (Å²) in [6.45, 7) is 7.14. The van der Waals surface area contributed by atoms with E-state index in [0.29, 0.717) is 0 Å². The SMILES string of the molecule is CC(=O)Nc1sc2c(c1CN1CCN(C)CC1)CCCC2.O=C(O)C(=O)O. The molecule has 9 heteroatoms. The second-order valence-corrected chi connectivity index (χ2v) is 7.99. The normalized spacial score (nSPS) is 17.4. The zero-order chi connectivity index (χ0) is 20.0. The van der Waals surface area contributed by atoms with E-state index < -0.39 is 11.9 Å². The summed E-state index contributed by atoms with van der Waals surface area (Å²) >= 11 is 1.81. The van der Waals surface area contributed by atoms with E-state index in [0.717, 1.165) is 37.7 Å². The highest BCUT2D eigenvalue weighted by atomic mass is 32.1. The molecular formula is C18H27N3O5S. The monoisotopic (exact) mass is 397 g/mol. The molecule has 1 aromatic rings. The number of likely N-dealkylation sites (N-methyl/N-ethyl adjacent to an activating group) is 1. The smallest absolute Gasteiger partial charge is 0.414 e. The van der Waals surface area contributed by atoms with Crippen LogP contribution in [0, 0.1) is 0 Å². The predicted octanol–water partition coefficient (Wildman–Crippen LogP) is 1.49. The fraction of sp³-hybridized carbons (Fsp3) is 0.611. The van der Waals surface area contributed by atoms with Gasteiger partial charge in [0.2, 0.25) is 5.91 Å². The minimum Gasteiger partial charge on any atom is -0.473 e. The maximum Gasteiger partial charge on any atom is 0.414 e. The largest absolute Gasteiger partial charge is 0.473 e. The molecule has 0 unspecified atom stereocenters. The van der Waals surface area contributed by atoms with Gasteiger partial charge in [-0.1, -0.05) is 0 Å². The van der Waals surface area contributed by atoms with Gasteiger partial charge in [-0.2, -0.15) is 0 Å². The van der Waals surface area contributed by atoms with Crippen LogP contribution >= 0.6 is 11.3 Å². The van der Waals surface area contributed by atoms with Crippen molar-refractivity contribution in [1.82, 2.24) is 9.80 Å². The van der Waals surface area contributed by atoms with Gasteiger partial charge in [0.05, 0.1) is 5.00 Å². The highest BCUT2D eigenvalue weighted by molar-refractivity contribution is 7.16. The summed E-state index contributed by atoms with van der Waals surface area (Å²) in [5.41, 5.74) is 2.93. The van der Waals surface area contributed by atoms with E-state index in [2.05, 4.69) is 22.2 Å². The Kier molecular flexibility index (Phi) is 7.76. The molecule has 1 aliphatic heterocycles. The third kappa shape index (κ3) is 6.30. The lowest BCUT2D eigenvalue weighted by Gasteiger charge is -2.32. The van der Waals surface area contributed by atoms with Crippen LogP contribution in [0.5, 0.6) is 0 Å². The first kappa shape index (κ1) is 21.3. The minimum atomic E-state index is -1.82. The molecule has 3 N–H and O–H groups in total. The van der Waals surface area contributed by atoms with Gasteiger partial charge in [-0.3, -0.25) is 9.69 Å². The molecule has 1 aromatic heterocycles. The lowest BCUT2D eigenvalue weighted by molar-refractivity contribution is -0.159. The number of carboxylic acids is 2. The molecule has 0 spiro atoms. The maximum absolute atomic E-state index is 11.5. The van der Waals surface area contributed by atoms with Crippen molar-refractivity contribution in [2.45, 2.75) is 39.2 Å². The molecule has 0 atom stereocenters. The van der Waals surface area contributed by atoms with Crippen LogP contribution in [0.1, 0.15) is 35.8 Å². The highest BCUT2D eigenvalue weighted by Crippen LogP contribution is 2.38. The summed E-state index contributed by atoms with van der Waals surface area (Å²) in [5.74, 6) is -3.60. The first-order chi connectivity index (χ1) is 12.8. The van der Waals surface area contributed by atoms with Crippen LogP contribution in [0.3, 0.4) is 0 Å². The van der Waals surface area contributed by atoms with Gasteiger partial charge in [0.1, 0.15) is 0 Å². The number of aryl methyl sites for hydroxylation is 1. The number of amides is 1. The fourth-order valence-corrected chi connectivity index (χ4v) is 4.64. The number of nitrogens with zero attached hydrogens (tertiary/aromatic N) is 2. The summed E-state index contributed by atoms with van der Waals surface area (Å²) in [4.78, 5) is 36.1. The number of piperazine rings is 1. The number of carbonyl (C=O) groups excluding carboxylic acids is 1. The topological polar surface area (TPSA) is 110 Å². The molecule has 3 rings (SSSR count). The van der Waals surface area contributed by atoms with Crippen molar-refractivity contribution in [3.8, 4) is 0 Å². The fourth-order valence-electron chi connectivity index (χ4n) is 3.29. The number of aliphatic carboxylic acids is 2. The molecule has 8 nitrogen and oxygen atoms in total. The van der Waals surface area contributed by atoms with Gasteiger partial charge in [0.25, 0.3) is 0 Å². The molecule has 150 valence electrons. The van der Waals surface area contributed by atoms with Crippen LogP contribution in [-0.2, 0) is 33.8 Å². The van der Waals surface area contributed by atoms with Crippen LogP contribution in [0.15, 0.2) is 0 Å². The van der Waals surface area contributed by atoms with Crippen LogP contribution < -0.4 is 5.32 Å². The van der Waals surface area contributed by atoms with Gasteiger partial charge in [-0.25, -0.2) is 9.59 Å². The van der Waals surface area contributed by atoms with Crippen molar-refractivity contribution >= 4 is 34.2 Å². The summed E-state index contributed by atoms with van der Waals surface area (Å²) in [7, 11) is 2.19. The summed E-state index contributed by atoms with van der Waals surface area (Å²) in [6.07, 6.45) is 4.96. The van der Waals surface area contributed by atoms with Gasteiger partial charge in [0.15, 0.2) is 0 Å². The van der Waals surface area contributed by atoms with Crippen LogP contribution in [0.25, 0.3) is 0 Å². The number of rotatable bonds is 3. The third-order valence-corrected chi connectivity index (χ3v) is 5.98. The molecule has 1 amide bonds. The summed E-state index contributed by atoms with van der Waals surface area (Å²) in [6, 6.07) is 0. The van der Waals surface area contributed by atoms with Crippen molar-refractivity contribution in [3.63, 3.8) is 0 Å². The molecule has 27 heavy (non-hydrogen) atoms. The zero-order valence-electron chi connectivity index (χ0n) is 15.8. The Balaban J connectivity index is 0.000000380. The number of thiophene rings is 1. The first-order valence-corrected chi connectivity index (χ1v) is 9.87. The molecule has 0 aromatic carbocycles. The lowest BCUT2D eigenvalue weighted by atomic mass is 9.95. The average Bonchev–Trinajstić information content (AvgIpc) is 2.94. The molecule has 2 aliphatic rings. The number of carbonyl (C=O) groups is 3. The van der Waals surface area contributed by atoms with Crippen LogP contribution in [0.4, 0.5) is 5.00 Å². The second-order valence-electron chi connectivity index (χ2n) is 6.89. The van der Waals surface area contributed by atoms with Crippen molar-refractivity contribution in [2.75, 3.05) is 38.5 Å². The van der Waals surface area contributed by atoms with Crippen molar-refractivity contribution in [1.29, 1.82) is 0 Å². The van der Waals surface area contributed by atoms with Crippen molar-refractivity contribution in [2.24, 2.45) is 0 Å². The van der Waals surface area contributed by atoms with E-state index in [1.54, 1.807) is 6.92 Å². The number of carboxylic acid groups (broad SMARTS) is 2. The Hall–Kier alpha value is -1.97. The number of hydrogen-bond donors (Lipinski definition) is 3. The number of nitrogens with one attached hydrogen (secondary N) is 1. The number of hydrogen-bond acceptors (Lipinski definition) is 6. The molecular weight excluding hydrogens is 370 g/mol. The molecule has 2 heterocycles. The Bertz CT molecular complexity index is 683. The number of anilines is 1. The Morgan fingerprint density at radius 3 is 2.19 bits per heavy atom. The molecule has 1 aliphatic carbocycles. The molecule has 1 fully saturated rings. The van der Waals surface area contributed by atoms with E-state index in [1.165, 1.54) is 41.7 Å². The molecule has 0 saturated carbocycles. The summed E-state index contributed by atoms with van der Waals surface area (Å²) < 4.78 is 0. The Morgan fingerprint density at radius 1 is 1.04 bits per heavy atom. The van der Waals surface area contributed by atoms with E-state index >= 15 is 0 Å². The quantitative estimate of drug-likeness (QED) is 0.663. The van der Waals surface area contributed by atoms with E-state index in [9.17, 15) is 4.79 Å². The van der Waals surface area contributed by atoms with Gasteiger partial charge >= 0.3 is 11.9 Å². The Labute approximate surface area is 162 Å². The van der Waals surface area contributed by atoms with Crippen molar-refractivity contribution < 1.29 is 24.6 Å². The summed E-state index contributed by atoms with van der Waals surface area (Å²) in [5, 5.41) is 19.0. The Morgan fingerprint density at radius 2 is 1.63 bits per heavy atom. The molecule has 0 bridgehead atoms. The van der Waals surface area contributed by atoms with E-state index in [1.807, 2.05) is 11.3 Å². The highest BCUT2D eigenvalue weighted by Gasteiger charge is 2.24. The average molecular weight is 397 g/mol. The van der Waals surface area contributed by atoms with E-state index in [4.69, 9.17) is 19.8 Å². The second kappa shape index (κ2) is 9.82. The van der Waals surface area contributed by atoms with Gasteiger partial charge in [-0.15, -0.1) is 11.3 Å². The van der Waals surface area contributed by atoms with Gasteiger partial charge in [-0.05, 0) is 38.3 Å². The van der Waals surface area contributed by atoms with E-state index in [-0.39, 0.29) is 5.91 Å². The molecule has 0 radical (unpaired) electrons. The standard InChI is InChI=1S/C16H25N3OS.C2H2O4/c1-12(20)17-16-14(11-19-9-7-18(2)8-10-19)13-5-3-4-6-15(13)21-16;3-1(4)2(5)6/h3-11H2,1-2H3,(H,17,20);(H,3,4)(H,5,6). The zero-order valence-corrected chi connectivity index (χ0v) is 16.6. The minimum absolute atomic E-state index is 0.0493. The third-order valence-electron chi connectivity index (χ3n) is 4.73. The van der Waals surface area contributed by atoms with Gasteiger partial charge in [0, 0.05) is 50.1 Å². The maximum atomic E-state index is 11.5. The predicted molar refractivity (Wildman–Crippen MR) is 103 cm³/mol. The first-order valence-electron chi connectivity index (χ1n) is 9.06. The van der Waals surface area contributed by atoms with Crippen LogP contribution in [0.2, 0.25) is 0 Å².